The quantitative estimate of drug-likeness (QED) is 0.330. The molecular weight excluding hydrogens is 372 g/mol. The Morgan fingerprint density at radius 2 is 1.60 bits per heavy atom. The summed E-state index contributed by atoms with van der Waals surface area (Å²) in [6, 6.07) is 24.5. The van der Waals surface area contributed by atoms with Gasteiger partial charge in [0.15, 0.2) is 11.3 Å². The lowest BCUT2D eigenvalue weighted by molar-refractivity contribution is -0.662. The third kappa shape index (κ3) is 2.40. The van der Waals surface area contributed by atoms with E-state index in [9.17, 15) is 0 Å². The summed E-state index contributed by atoms with van der Waals surface area (Å²) in [6.07, 6.45) is 2.05. The number of nitrogens with zero attached hydrogens (tertiary/aromatic N) is 2. The van der Waals surface area contributed by atoms with E-state index >= 15 is 0 Å². The van der Waals surface area contributed by atoms with Gasteiger partial charge in [0.1, 0.15) is 11.1 Å². The highest BCUT2D eigenvalue weighted by Crippen LogP contribution is 2.41. The van der Waals surface area contributed by atoms with Crippen LogP contribution in [0.2, 0.25) is 0 Å². The molecule has 6 aromatic rings. The van der Waals surface area contributed by atoms with Crippen LogP contribution in [0.1, 0.15) is 5.56 Å². The van der Waals surface area contributed by atoms with Gasteiger partial charge in [0.2, 0.25) is 0 Å². The molecule has 144 valence electrons. The van der Waals surface area contributed by atoms with Gasteiger partial charge in [-0.1, -0.05) is 60.7 Å². The third-order valence-corrected chi connectivity index (χ3v) is 5.70. The zero-order chi connectivity index (χ0) is 20.2. The molecule has 0 unspecified atom stereocenters. The van der Waals surface area contributed by atoms with E-state index in [2.05, 4.69) is 37.3 Å². The standard InChI is InChI=1S/C26H19N2O2/c1-16-12-13-19-23-18-10-6-7-11-21(18)29-26(23)30-24(19)22(16)25-27-20(14-15-28(25)2)17-8-4-3-5-9-17/h3-15H,1-2H3/q+1. The average Bonchev–Trinajstić information content (AvgIpc) is 3.31. The van der Waals surface area contributed by atoms with E-state index in [4.69, 9.17) is 13.8 Å². The van der Waals surface area contributed by atoms with E-state index in [0.29, 0.717) is 5.78 Å². The molecule has 3 aromatic heterocycles. The van der Waals surface area contributed by atoms with Gasteiger partial charge in [-0.05, 0) is 23.5 Å². The Bertz CT molecular complexity index is 1560. The van der Waals surface area contributed by atoms with Crippen molar-refractivity contribution in [2.75, 3.05) is 0 Å². The van der Waals surface area contributed by atoms with Crippen LogP contribution >= 0.6 is 0 Å². The molecule has 0 bridgehead atoms. The Morgan fingerprint density at radius 1 is 0.800 bits per heavy atom. The van der Waals surface area contributed by atoms with E-state index in [1.807, 2.05) is 60.3 Å². The van der Waals surface area contributed by atoms with E-state index in [0.717, 1.165) is 55.5 Å². The second-order valence-electron chi connectivity index (χ2n) is 7.61. The number of benzene rings is 3. The number of fused-ring (bicyclic) bond motifs is 5. The SMILES string of the molecule is Cc1ccc2c(oc3oc4ccccc4c32)c1-c1nc(-c2ccccc2)cc[n+]1C. The van der Waals surface area contributed by atoms with Gasteiger partial charge < -0.3 is 8.83 Å². The number of furan rings is 2. The van der Waals surface area contributed by atoms with Gasteiger partial charge in [-0.25, -0.2) is 4.57 Å². The molecule has 4 nitrogen and oxygen atoms in total. The van der Waals surface area contributed by atoms with Crippen molar-refractivity contribution in [3.63, 3.8) is 0 Å². The topological polar surface area (TPSA) is 43.1 Å². The zero-order valence-electron chi connectivity index (χ0n) is 16.7. The van der Waals surface area contributed by atoms with Crippen molar-refractivity contribution in [1.82, 2.24) is 4.98 Å². The molecule has 0 saturated carbocycles. The van der Waals surface area contributed by atoms with Crippen LogP contribution in [0.5, 0.6) is 0 Å². The Balaban J connectivity index is 1.67. The largest absolute Gasteiger partial charge is 0.425 e. The zero-order valence-corrected chi connectivity index (χ0v) is 16.7. The van der Waals surface area contributed by atoms with E-state index in [1.54, 1.807) is 0 Å². The second kappa shape index (κ2) is 6.29. The molecular formula is C26H19N2O2+. The number of hydrogen-bond acceptors (Lipinski definition) is 3. The predicted molar refractivity (Wildman–Crippen MR) is 118 cm³/mol. The Hall–Kier alpha value is -3.92. The molecule has 0 atom stereocenters. The summed E-state index contributed by atoms with van der Waals surface area (Å²) in [5.41, 5.74) is 5.76. The van der Waals surface area contributed by atoms with Crippen molar-refractivity contribution in [2.24, 2.45) is 7.05 Å². The number of aryl methyl sites for hydroxylation is 2. The lowest BCUT2D eigenvalue weighted by atomic mass is 10.0. The van der Waals surface area contributed by atoms with E-state index < -0.39 is 0 Å². The average molecular weight is 391 g/mol. The molecule has 3 heterocycles. The van der Waals surface area contributed by atoms with Gasteiger partial charge in [0, 0.05) is 22.4 Å². The highest BCUT2D eigenvalue weighted by Gasteiger charge is 2.26. The molecule has 30 heavy (non-hydrogen) atoms. The number of rotatable bonds is 2. The van der Waals surface area contributed by atoms with Gasteiger partial charge in [-0.2, -0.15) is 0 Å². The summed E-state index contributed by atoms with van der Waals surface area (Å²) in [6.45, 7) is 2.09. The monoisotopic (exact) mass is 391 g/mol. The van der Waals surface area contributed by atoms with Crippen molar-refractivity contribution >= 4 is 33.1 Å². The molecule has 0 saturated heterocycles. The van der Waals surface area contributed by atoms with Crippen LogP contribution in [-0.4, -0.2) is 4.98 Å². The fraction of sp³-hybridized carbons (Fsp3) is 0.0769. The van der Waals surface area contributed by atoms with Crippen molar-refractivity contribution in [3.05, 3.63) is 84.6 Å². The molecule has 0 aliphatic rings. The second-order valence-corrected chi connectivity index (χ2v) is 7.61. The first-order chi connectivity index (χ1) is 14.7. The van der Waals surface area contributed by atoms with Crippen molar-refractivity contribution in [3.8, 4) is 22.6 Å². The maximum Gasteiger partial charge on any atom is 0.334 e. The first-order valence-electron chi connectivity index (χ1n) is 9.96. The Morgan fingerprint density at radius 3 is 2.47 bits per heavy atom. The van der Waals surface area contributed by atoms with Crippen molar-refractivity contribution < 1.29 is 13.4 Å². The first kappa shape index (κ1) is 17.0. The molecule has 0 N–H and O–H groups in total. The van der Waals surface area contributed by atoms with Gasteiger partial charge in [-0.3, -0.25) is 0 Å². The first-order valence-corrected chi connectivity index (χ1v) is 9.96. The van der Waals surface area contributed by atoms with Crippen LogP contribution in [-0.2, 0) is 7.05 Å². The minimum absolute atomic E-state index is 0.555. The van der Waals surface area contributed by atoms with Gasteiger partial charge in [-0.15, -0.1) is 0 Å². The van der Waals surface area contributed by atoms with Crippen LogP contribution in [0.4, 0.5) is 0 Å². The molecule has 0 radical (unpaired) electrons. The summed E-state index contributed by atoms with van der Waals surface area (Å²) in [5, 5.41) is 3.13. The van der Waals surface area contributed by atoms with Gasteiger partial charge in [0.05, 0.1) is 18.6 Å². The molecule has 3 aromatic carbocycles. The lowest BCUT2D eigenvalue weighted by Gasteiger charge is -2.05. The number of aromatic nitrogens is 2. The summed E-state index contributed by atoms with van der Waals surface area (Å²) in [4.78, 5) is 5.01. The van der Waals surface area contributed by atoms with Gasteiger partial charge >= 0.3 is 5.82 Å². The fourth-order valence-corrected chi connectivity index (χ4v) is 4.19. The molecule has 0 aliphatic heterocycles. The smallest absolute Gasteiger partial charge is 0.334 e. The highest BCUT2D eigenvalue weighted by atomic mass is 16.5. The summed E-state index contributed by atoms with van der Waals surface area (Å²) < 4.78 is 14.3. The van der Waals surface area contributed by atoms with Crippen LogP contribution in [0.25, 0.3) is 55.7 Å². The van der Waals surface area contributed by atoms with E-state index in [-0.39, 0.29) is 0 Å². The maximum absolute atomic E-state index is 6.28. The Kier molecular flexibility index (Phi) is 3.56. The molecule has 0 fully saturated rings. The summed E-state index contributed by atoms with van der Waals surface area (Å²) >= 11 is 0. The van der Waals surface area contributed by atoms with Gasteiger partial charge in [0.25, 0.3) is 5.78 Å². The highest BCUT2D eigenvalue weighted by molar-refractivity contribution is 6.19. The molecule has 0 aliphatic carbocycles. The molecule has 0 amide bonds. The van der Waals surface area contributed by atoms with Crippen LogP contribution < -0.4 is 4.57 Å². The summed E-state index contributed by atoms with van der Waals surface area (Å²) in [7, 11) is 2.01. The minimum Gasteiger partial charge on any atom is -0.425 e. The maximum atomic E-state index is 6.28. The molecule has 4 heteroatoms. The molecule has 0 spiro atoms. The predicted octanol–water partition coefficient (Wildman–Crippen LogP) is 6.19. The van der Waals surface area contributed by atoms with Crippen LogP contribution in [0.15, 0.2) is 87.8 Å². The van der Waals surface area contributed by atoms with Crippen LogP contribution in [0, 0.1) is 6.92 Å². The normalized spacial score (nSPS) is 11.7. The number of para-hydroxylation sites is 1. The number of hydrogen-bond donors (Lipinski definition) is 0. The fourth-order valence-electron chi connectivity index (χ4n) is 4.19. The summed E-state index contributed by atoms with van der Waals surface area (Å²) in [5.74, 6) is 1.42. The lowest BCUT2D eigenvalue weighted by Crippen LogP contribution is -2.32. The van der Waals surface area contributed by atoms with E-state index in [1.165, 1.54) is 0 Å². The Labute approximate surface area is 173 Å². The molecule has 6 rings (SSSR count). The van der Waals surface area contributed by atoms with Crippen molar-refractivity contribution in [1.29, 1.82) is 0 Å². The minimum atomic E-state index is 0.555. The third-order valence-electron chi connectivity index (χ3n) is 5.70. The van der Waals surface area contributed by atoms with Crippen LogP contribution in [0.3, 0.4) is 0 Å². The van der Waals surface area contributed by atoms with Crippen molar-refractivity contribution in [2.45, 2.75) is 6.92 Å².